The monoisotopic (exact) mass is 442 g/mol. The van der Waals surface area contributed by atoms with Crippen molar-refractivity contribution in [1.29, 1.82) is 5.26 Å². The smallest absolute Gasteiger partial charge is 0.408 e. The highest BCUT2D eigenvalue weighted by Crippen LogP contribution is 2.25. The van der Waals surface area contributed by atoms with Gasteiger partial charge >= 0.3 is 6.09 Å². The fourth-order valence-electron chi connectivity index (χ4n) is 3.04. The van der Waals surface area contributed by atoms with Gasteiger partial charge < -0.3 is 10.1 Å². The second kappa shape index (κ2) is 8.36. The SMILES string of the molecule is C[C@H](NC(=O)OC(C)(C)C)c1nc2c(F)ccc(Cl)c2c(=O)n1-c1cccc(C#N)c1. The molecule has 3 rings (SSSR count). The van der Waals surface area contributed by atoms with Crippen LogP contribution in [0.25, 0.3) is 16.6 Å². The molecule has 0 unspecified atom stereocenters. The minimum atomic E-state index is -0.837. The lowest BCUT2D eigenvalue weighted by Crippen LogP contribution is -2.37. The van der Waals surface area contributed by atoms with Gasteiger partial charge in [-0.15, -0.1) is 0 Å². The van der Waals surface area contributed by atoms with Crippen molar-refractivity contribution in [3.05, 3.63) is 69.0 Å². The predicted molar refractivity (Wildman–Crippen MR) is 115 cm³/mol. The number of carbonyl (C=O) groups excluding carboxylic acids is 1. The topological polar surface area (TPSA) is 97.0 Å². The van der Waals surface area contributed by atoms with Gasteiger partial charge in [-0.1, -0.05) is 17.7 Å². The molecule has 1 atom stereocenters. The molecule has 0 bridgehead atoms. The number of carbonyl (C=O) groups is 1. The molecule has 0 saturated carbocycles. The summed E-state index contributed by atoms with van der Waals surface area (Å²) in [6, 6.07) is 9.85. The second-order valence-corrected chi connectivity index (χ2v) is 8.30. The van der Waals surface area contributed by atoms with Crippen LogP contribution >= 0.6 is 11.6 Å². The Morgan fingerprint density at radius 1 is 1.32 bits per heavy atom. The first-order valence-corrected chi connectivity index (χ1v) is 9.80. The average Bonchev–Trinajstić information content (AvgIpc) is 2.68. The lowest BCUT2D eigenvalue weighted by molar-refractivity contribution is 0.0505. The predicted octanol–water partition coefficient (Wildman–Crippen LogP) is 4.64. The zero-order valence-electron chi connectivity index (χ0n) is 17.4. The molecule has 1 aromatic heterocycles. The molecule has 2 aromatic carbocycles. The number of nitrogens with zero attached hydrogens (tertiary/aromatic N) is 3. The Kier molecular flexibility index (Phi) is 6.00. The first kappa shape index (κ1) is 22.2. The van der Waals surface area contributed by atoms with Crippen molar-refractivity contribution in [2.24, 2.45) is 0 Å². The first-order chi connectivity index (χ1) is 14.5. The van der Waals surface area contributed by atoms with E-state index in [9.17, 15) is 19.2 Å². The maximum Gasteiger partial charge on any atom is 0.408 e. The van der Waals surface area contributed by atoms with E-state index in [0.29, 0.717) is 11.3 Å². The Morgan fingerprint density at radius 2 is 2.03 bits per heavy atom. The summed E-state index contributed by atoms with van der Waals surface area (Å²) in [5, 5.41) is 11.8. The summed E-state index contributed by atoms with van der Waals surface area (Å²) in [7, 11) is 0. The molecule has 0 aliphatic rings. The van der Waals surface area contributed by atoms with Crippen molar-refractivity contribution in [3.63, 3.8) is 0 Å². The Bertz CT molecular complexity index is 1270. The molecule has 7 nitrogen and oxygen atoms in total. The number of nitrogens with one attached hydrogen (secondary N) is 1. The molecule has 1 N–H and O–H groups in total. The first-order valence-electron chi connectivity index (χ1n) is 9.42. The Balaban J connectivity index is 2.26. The normalized spacial score (nSPS) is 12.3. The van der Waals surface area contributed by atoms with Gasteiger partial charge in [0.15, 0.2) is 0 Å². The van der Waals surface area contributed by atoms with Gasteiger partial charge in [-0.2, -0.15) is 5.26 Å². The maximum atomic E-state index is 14.5. The second-order valence-electron chi connectivity index (χ2n) is 7.89. The molecule has 0 saturated heterocycles. The minimum Gasteiger partial charge on any atom is -0.444 e. The fourth-order valence-corrected chi connectivity index (χ4v) is 3.27. The summed E-state index contributed by atoms with van der Waals surface area (Å²) in [4.78, 5) is 30.0. The van der Waals surface area contributed by atoms with E-state index in [4.69, 9.17) is 16.3 Å². The number of nitriles is 1. The van der Waals surface area contributed by atoms with Crippen molar-refractivity contribution in [3.8, 4) is 11.8 Å². The number of hydrogen-bond donors (Lipinski definition) is 1. The number of amides is 1. The highest BCUT2D eigenvalue weighted by Gasteiger charge is 2.24. The minimum absolute atomic E-state index is 0.0402. The standard InChI is InChI=1S/C22H20ClFN4O3/c1-12(26-21(30)31-22(2,3)4)19-27-18-16(24)9-8-15(23)17(18)20(29)28(19)14-7-5-6-13(10-14)11-25/h5-10,12H,1-4H3,(H,26,30)/t12-/m0/s1. The maximum absolute atomic E-state index is 14.5. The number of rotatable bonds is 3. The molecule has 9 heteroatoms. The molecule has 0 fully saturated rings. The van der Waals surface area contributed by atoms with Crippen molar-refractivity contribution < 1.29 is 13.9 Å². The van der Waals surface area contributed by atoms with Gasteiger partial charge in [0, 0.05) is 0 Å². The van der Waals surface area contributed by atoms with Crippen molar-refractivity contribution in [2.75, 3.05) is 0 Å². The van der Waals surface area contributed by atoms with Gasteiger partial charge in [-0.3, -0.25) is 9.36 Å². The van der Waals surface area contributed by atoms with Crippen LogP contribution in [0.2, 0.25) is 5.02 Å². The number of halogens is 2. The van der Waals surface area contributed by atoms with Gasteiger partial charge in [0.1, 0.15) is 22.8 Å². The quantitative estimate of drug-likeness (QED) is 0.637. The zero-order chi connectivity index (χ0) is 22.9. The Hall–Kier alpha value is -3.44. The van der Waals surface area contributed by atoms with E-state index in [2.05, 4.69) is 10.3 Å². The summed E-state index contributed by atoms with van der Waals surface area (Å²) in [5.41, 5.74) is -0.934. The van der Waals surface area contributed by atoms with Crippen molar-refractivity contribution in [2.45, 2.75) is 39.3 Å². The molecule has 1 amide bonds. The number of ether oxygens (including phenoxy) is 1. The number of benzene rings is 2. The lowest BCUT2D eigenvalue weighted by atomic mass is 10.1. The molecule has 0 aliphatic carbocycles. The molecule has 0 radical (unpaired) electrons. The van der Waals surface area contributed by atoms with Gasteiger partial charge in [-0.05, 0) is 58.0 Å². The molecular weight excluding hydrogens is 423 g/mol. The van der Waals surface area contributed by atoms with E-state index in [1.54, 1.807) is 45.9 Å². The number of alkyl carbamates (subject to hydrolysis) is 1. The van der Waals surface area contributed by atoms with Crippen LogP contribution in [0, 0.1) is 17.1 Å². The van der Waals surface area contributed by atoms with Crippen molar-refractivity contribution >= 4 is 28.6 Å². The molecule has 1 heterocycles. The average molecular weight is 443 g/mol. The van der Waals surface area contributed by atoms with Crippen LogP contribution in [0.3, 0.4) is 0 Å². The Labute approximate surface area is 183 Å². The molecule has 0 aliphatic heterocycles. The van der Waals surface area contributed by atoms with Crippen LogP contribution in [0.4, 0.5) is 9.18 Å². The van der Waals surface area contributed by atoms with Gasteiger partial charge in [0.25, 0.3) is 5.56 Å². The molecule has 3 aromatic rings. The van der Waals surface area contributed by atoms with Crippen LogP contribution in [-0.2, 0) is 4.74 Å². The van der Waals surface area contributed by atoms with Crippen LogP contribution in [-0.4, -0.2) is 21.2 Å². The van der Waals surface area contributed by atoms with Crippen LogP contribution in [0.5, 0.6) is 0 Å². The molecule has 160 valence electrons. The highest BCUT2D eigenvalue weighted by molar-refractivity contribution is 6.35. The summed E-state index contributed by atoms with van der Waals surface area (Å²) >= 11 is 6.18. The van der Waals surface area contributed by atoms with Gasteiger partial charge in [-0.25, -0.2) is 14.2 Å². The third-order valence-corrected chi connectivity index (χ3v) is 4.62. The summed E-state index contributed by atoms with van der Waals surface area (Å²) in [5.74, 6) is -0.667. The van der Waals surface area contributed by atoms with Crippen LogP contribution in [0.15, 0.2) is 41.2 Å². The molecular formula is C22H20ClFN4O3. The van der Waals surface area contributed by atoms with Crippen LogP contribution in [0.1, 0.15) is 45.1 Å². The van der Waals surface area contributed by atoms with Crippen LogP contribution < -0.4 is 10.9 Å². The van der Waals surface area contributed by atoms with E-state index >= 15 is 0 Å². The molecule has 0 spiro atoms. The fraction of sp³-hybridized carbons (Fsp3) is 0.273. The lowest BCUT2D eigenvalue weighted by Gasteiger charge is -2.23. The van der Waals surface area contributed by atoms with Gasteiger partial charge in [0.2, 0.25) is 0 Å². The van der Waals surface area contributed by atoms with E-state index in [1.165, 1.54) is 16.7 Å². The summed E-state index contributed by atoms with van der Waals surface area (Å²) in [6.07, 6.45) is -0.724. The summed E-state index contributed by atoms with van der Waals surface area (Å²) < 4.78 is 21.0. The van der Waals surface area contributed by atoms with E-state index in [0.717, 1.165) is 6.07 Å². The summed E-state index contributed by atoms with van der Waals surface area (Å²) in [6.45, 7) is 6.73. The van der Waals surface area contributed by atoms with Crippen molar-refractivity contribution in [1.82, 2.24) is 14.9 Å². The number of hydrogen-bond acceptors (Lipinski definition) is 5. The van der Waals surface area contributed by atoms with E-state index < -0.39 is 29.1 Å². The molecule has 31 heavy (non-hydrogen) atoms. The third-order valence-electron chi connectivity index (χ3n) is 4.30. The highest BCUT2D eigenvalue weighted by atomic mass is 35.5. The Morgan fingerprint density at radius 3 is 2.68 bits per heavy atom. The van der Waals surface area contributed by atoms with E-state index in [-0.39, 0.29) is 21.7 Å². The third kappa shape index (κ3) is 4.67. The largest absolute Gasteiger partial charge is 0.444 e. The van der Waals surface area contributed by atoms with Gasteiger partial charge in [0.05, 0.1) is 33.8 Å². The number of aromatic nitrogens is 2. The zero-order valence-corrected chi connectivity index (χ0v) is 18.1. The number of fused-ring (bicyclic) bond motifs is 1. The van der Waals surface area contributed by atoms with E-state index in [1.807, 2.05) is 6.07 Å².